The van der Waals surface area contributed by atoms with Crippen LogP contribution in [0, 0.1) is 0 Å². The van der Waals surface area contributed by atoms with Crippen molar-refractivity contribution in [3.8, 4) is 0 Å². The van der Waals surface area contributed by atoms with Gasteiger partial charge in [-0.15, -0.1) is 0 Å². The van der Waals surface area contributed by atoms with Crippen LogP contribution in [0.15, 0.2) is 0 Å². The highest BCUT2D eigenvalue weighted by Crippen LogP contribution is 2.21. The smallest absolute Gasteiger partial charge is 0.0576 e. The minimum atomic E-state index is 0.534. The maximum Gasteiger partial charge on any atom is 0.0576 e. The van der Waals surface area contributed by atoms with Gasteiger partial charge in [0, 0.05) is 12.6 Å². The van der Waals surface area contributed by atoms with Crippen LogP contribution in [0.3, 0.4) is 0 Å². The molecule has 0 aromatic heterocycles. The molecule has 0 aliphatic heterocycles. The van der Waals surface area contributed by atoms with E-state index in [1.807, 2.05) is 0 Å². The van der Waals surface area contributed by atoms with Gasteiger partial charge < -0.3 is 15.0 Å². The molecule has 0 aromatic carbocycles. The van der Waals surface area contributed by atoms with E-state index in [0.29, 0.717) is 6.10 Å². The lowest BCUT2D eigenvalue weighted by Crippen LogP contribution is -2.33. The number of nitrogens with zero attached hydrogens (tertiary/aromatic N) is 1. The van der Waals surface area contributed by atoms with Crippen molar-refractivity contribution in [3.63, 3.8) is 0 Å². The van der Waals surface area contributed by atoms with Crippen LogP contribution >= 0.6 is 0 Å². The van der Waals surface area contributed by atoms with Crippen LogP contribution in [0.25, 0.3) is 0 Å². The molecule has 0 spiro atoms. The van der Waals surface area contributed by atoms with E-state index in [1.54, 1.807) is 0 Å². The second-order valence-electron chi connectivity index (χ2n) is 6.70. The van der Waals surface area contributed by atoms with Gasteiger partial charge in [0.25, 0.3) is 0 Å². The van der Waals surface area contributed by atoms with Crippen LogP contribution in [-0.4, -0.2) is 50.8 Å². The molecule has 3 heteroatoms. The van der Waals surface area contributed by atoms with E-state index < -0.39 is 0 Å². The first kappa shape index (κ1) is 18.9. The molecular formula is C18H38N2O. The predicted molar refractivity (Wildman–Crippen MR) is 91.9 cm³/mol. The van der Waals surface area contributed by atoms with Gasteiger partial charge in [0.1, 0.15) is 0 Å². The lowest BCUT2D eigenvalue weighted by Gasteiger charge is -2.28. The molecule has 0 unspecified atom stereocenters. The van der Waals surface area contributed by atoms with Gasteiger partial charge in [-0.3, -0.25) is 0 Å². The zero-order valence-electron chi connectivity index (χ0n) is 14.7. The molecule has 1 rings (SSSR count). The summed E-state index contributed by atoms with van der Waals surface area (Å²) in [5.74, 6) is 0. The molecule has 0 heterocycles. The van der Waals surface area contributed by atoms with Crippen molar-refractivity contribution in [2.45, 2.75) is 83.3 Å². The number of hydrogen-bond acceptors (Lipinski definition) is 3. The van der Waals surface area contributed by atoms with E-state index in [2.05, 4.69) is 31.2 Å². The lowest BCUT2D eigenvalue weighted by molar-refractivity contribution is 0.0209. The van der Waals surface area contributed by atoms with E-state index in [-0.39, 0.29) is 0 Å². The molecular weight excluding hydrogens is 260 g/mol. The first-order valence-electron chi connectivity index (χ1n) is 9.23. The summed E-state index contributed by atoms with van der Waals surface area (Å²) in [6.07, 6.45) is 13.5. The van der Waals surface area contributed by atoms with Gasteiger partial charge in [-0.25, -0.2) is 0 Å². The Bertz CT molecular complexity index is 227. The van der Waals surface area contributed by atoms with Gasteiger partial charge in [-0.1, -0.05) is 19.8 Å². The van der Waals surface area contributed by atoms with Gasteiger partial charge in [0.2, 0.25) is 0 Å². The topological polar surface area (TPSA) is 24.5 Å². The number of ether oxygens (including phenoxy) is 1. The summed E-state index contributed by atoms with van der Waals surface area (Å²) in [4.78, 5) is 2.48. The Morgan fingerprint density at radius 2 is 1.62 bits per heavy atom. The van der Waals surface area contributed by atoms with Crippen LogP contribution in [0.1, 0.15) is 71.1 Å². The van der Waals surface area contributed by atoms with Gasteiger partial charge in [-0.2, -0.15) is 0 Å². The third-order valence-electron chi connectivity index (χ3n) is 4.76. The summed E-state index contributed by atoms with van der Waals surface area (Å²) in [6.45, 7) is 5.75. The summed E-state index contributed by atoms with van der Waals surface area (Å²) >= 11 is 0. The van der Waals surface area contributed by atoms with Gasteiger partial charge in [-0.05, 0) is 78.6 Å². The quantitative estimate of drug-likeness (QED) is 0.554. The number of unbranched alkanes of at least 4 members (excludes halogenated alkanes) is 4. The normalized spacial score (nSPS) is 22.9. The SMILES string of the molecule is CCCCCN(C)CCCCCO[C@H]1CC[C@H](NC)CC1. The van der Waals surface area contributed by atoms with E-state index in [9.17, 15) is 0 Å². The Morgan fingerprint density at radius 3 is 2.24 bits per heavy atom. The average molecular weight is 299 g/mol. The molecule has 21 heavy (non-hydrogen) atoms. The molecule has 1 N–H and O–H groups in total. The lowest BCUT2D eigenvalue weighted by atomic mass is 9.93. The van der Waals surface area contributed by atoms with Crippen molar-refractivity contribution in [1.82, 2.24) is 10.2 Å². The molecule has 0 amide bonds. The van der Waals surface area contributed by atoms with Gasteiger partial charge in [0.15, 0.2) is 0 Å². The number of nitrogens with one attached hydrogen (secondary N) is 1. The number of hydrogen-bond donors (Lipinski definition) is 1. The van der Waals surface area contributed by atoms with Crippen LogP contribution in [0.2, 0.25) is 0 Å². The van der Waals surface area contributed by atoms with Crippen molar-refractivity contribution >= 4 is 0 Å². The Kier molecular flexibility index (Phi) is 11.2. The highest BCUT2D eigenvalue weighted by Gasteiger charge is 2.19. The van der Waals surface area contributed by atoms with Crippen molar-refractivity contribution in [3.05, 3.63) is 0 Å². The minimum absolute atomic E-state index is 0.534. The molecule has 0 saturated heterocycles. The third kappa shape index (κ3) is 9.49. The largest absolute Gasteiger partial charge is 0.378 e. The molecule has 0 aromatic rings. The van der Waals surface area contributed by atoms with Crippen molar-refractivity contribution in [2.75, 3.05) is 33.8 Å². The summed E-state index contributed by atoms with van der Waals surface area (Å²) < 4.78 is 6.02. The first-order valence-corrected chi connectivity index (χ1v) is 9.23. The second-order valence-corrected chi connectivity index (χ2v) is 6.70. The Hall–Kier alpha value is -0.120. The zero-order chi connectivity index (χ0) is 15.3. The Morgan fingerprint density at radius 1 is 0.952 bits per heavy atom. The second kappa shape index (κ2) is 12.4. The maximum absolute atomic E-state index is 6.02. The maximum atomic E-state index is 6.02. The minimum Gasteiger partial charge on any atom is -0.378 e. The molecule has 3 nitrogen and oxygen atoms in total. The molecule has 126 valence electrons. The standard InChI is InChI=1S/C18H38N2O/c1-4-5-7-14-20(3)15-8-6-9-16-21-18-12-10-17(19-2)11-13-18/h17-19H,4-16H2,1-3H3/t17-,18-. The molecule has 1 aliphatic carbocycles. The predicted octanol–water partition coefficient (Wildman–Crippen LogP) is 3.83. The number of rotatable bonds is 12. The van der Waals surface area contributed by atoms with Crippen molar-refractivity contribution < 1.29 is 4.74 Å². The first-order chi connectivity index (χ1) is 10.3. The van der Waals surface area contributed by atoms with E-state index >= 15 is 0 Å². The monoisotopic (exact) mass is 298 g/mol. The molecule has 0 bridgehead atoms. The highest BCUT2D eigenvalue weighted by molar-refractivity contribution is 4.76. The van der Waals surface area contributed by atoms with Crippen LogP contribution in [-0.2, 0) is 4.74 Å². The fraction of sp³-hybridized carbons (Fsp3) is 1.00. The summed E-state index contributed by atoms with van der Waals surface area (Å²) in [5, 5.41) is 3.38. The summed E-state index contributed by atoms with van der Waals surface area (Å²) in [5.41, 5.74) is 0. The summed E-state index contributed by atoms with van der Waals surface area (Å²) in [6, 6.07) is 0.730. The third-order valence-corrected chi connectivity index (χ3v) is 4.76. The summed E-state index contributed by atoms with van der Waals surface area (Å²) in [7, 11) is 4.33. The molecule has 0 atom stereocenters. The van der Waals surface area contributed by atoms with Crippen LogP contribution in [0.4, 0.5) is 0 Å². The van der Waals surface area contributed by atoms with Crippen LogP contribution in [0.5, 0.6) is 0 Å². The van der Waals surface area contributed by atoms with Gasteiger partial charge >= 0.3 is 0 Å². The van der Waals surface area contributed by atoms with E-state index in [4.69, 9.17) is 4.74 Å². The molecule has 1 aliphatic rings. The molecule has 0 radical (unpaired) electrons. The average Bonchev–Trinajstić information content (AvgIpc) is 2.51. The molecule has 1 saturated carbocycles. The fourth-order valence-electron chi connectivity index (χ4n) is 3.17. The molecule has 1 fully saturated rings. The van der Waals surface area contributed by atoms with Crippen LogP contribution < -0.4 is 5.32 Å². The van der Waals surface area contributed by atoms with Gasteiger partial charge in [0.05, 0.1) is 6.10 Å². The van der Waals surface area contributed by atoms with Crippen molar-refractivity contribution in [1.29, 1.82) is 0 Å². The highest BCUT2D eigenvalue weighted by atomic mass is 16.5. The Balaban J connectivity index is 1.86. The Labute approximate surface area is 132 Å². The van der Waals surface area contributed by atoms with E-state index in [1.165, 1.54) is 77.3 Å². The van der Waals surface area contributed by atoms with E-state index in [0.717, 1.165) is 12.6 Å². The van der Waals surface area contributed by atoms with Crippen molar-refractivity contribution in [2.24, 2.45) is 0 Å². The zero-order valence-corrected chi connectivity index (χ0v) is 14.7. The fourth-order valence-corrected chi connectivity index (χ4v) is 3.17.